The maximum absolute atomic E-state index is 18.5. The molecule has 16 nitrogen and oxygen atoms in total. The molecular weight excluding hydrogens is 1110 g/mol. The van der Waals surface area contributed by atoms with Gasteiger partial charge in [0.05, 0.1) is 5.56 Å². The number of alkyl halides is 2. The Morgan fingerprint density at radius 1 is 0.547 bits per heavy atom. The van der Waals surface area contributed by atoms with Crippen LogP contribution in [0, 0.1) is 57.2 Å². The third-order valence-corrected chi connectivity index (χ3v) is 21.8. The number of ether oxygens (including phenoxy) is 6. The number of esters is 6. The van der Waals surface area contributed by atoms with Crippen LogP contribution in [-0.4, -0.2) is 107 Å². The van der Waals surface area contributed by atoms with Gasteiger partial charge in [-0.1, -0.05) is 110 Å². The molecule has 8 aliphatic carbocycles. The van der Waals surface area contributed by atoms with Crippen molar-refractivity contribution in [1.82, 2.24) is 0 Å². The summed E-state index contributed by atoms with van der Waals surface area (Å²) in [6.45, 7) is 18.1. The monoisotopic (exact) mass is 1200 g/mol. The highest BCUT2D eigenvalue weighted by Crippen LogP contribution is 2.74. The number of hydrogen-bond donors (Lipinski definition) is 0. The van der Waals surface area contributed by atoms with Gasteiger partial charge in [-0.15, -0.1) is 0 Å². The second kappa shape index (κ2) is 24.6. The van der Waals surface area contributed by atoms with Crippen LogP contribution in [0.2, 0.25) is 0 Å². The zero-order valence-electron chi connectivity index (χ0n) is 51.8. The van der Waals surface area contributed by atoms with Gasteiger partial charge in [0.2, 0.25) is 11.6 Å². The van der Waals surface area contributed by atoms with Crippen molar-refractivity contribution < 1.29 is 85.1 Å². The van der Waals surface area contributed by atoms with E-state index < -0.39 is 153 Å². The Hall–Kier alpha value is -6.46. The van der Waals surface area contributed by atoms with Gasteiger partial charge in [0.1, 0.15) is 12.2 Å². The molecule has 1 aromatic carbocycles. The standard InChI is InChI=1S/C35H41FO8.C33H45FO8/c1-6-29(39)42-20-27(38)35(44-30(40)7-2)21(3)17-26-25-14-13-23-18-24(37)15-16-32(23,4)34(25,36)28(19-33(26,35)5)43-31(41)22-11-9-8-10-12-22;1-7-10-11-29(39)41-26-18-31(6)24(23-13-12-21-17-22(35)14-15-30(21,5)32(23,26)34)16-20(4)33(31,42-28(38)9-3)25(36)19-40-27(37)8-2/h8-12,15-16,18,21,25-26,28H,6-7,13-14,17,19-20H2,1-5H3;14-15,17,20,23-24,26H,7-13,16,18-19H2,1-6H3/t21-,25-,26-,28-,32-,33-,34?,35-;20-,23-,24-,26-,30-,31-,32?,33-/m00/s1. The van der Waals surface area contributed by atoms with Crippen LogP contribution >= 0.6 is 0 Å². The molecule has 0 spiro atoms. The molecule has 0 saturated heterocycles. The van der Waals surface area contributed by atoms with Crippen LogP contribution in [0.4, 0.5) is 8.78 Å². The number of hydrogen-bond acceptors (Lipinski definition) is 16. The number of unbranched alkanes of at least 4 members (excludes halogenated alkanes) is 1. The van der Waals surface area contributed by atoms with Crippen molar-refractivity contribution in [2.45, 2.75) is 207 Å². The summed E-state index contributed by atoms with van der Waals surface area (Å²) in [5, 5.41) is 0. The average molecular weight is 1200 g/mol. The zero-order chi connectivity index (χ0) is 63.2. The summed E-state index contributed by atoms with van der Waals surface area (Å²) in [7, 11) is 0. The molecule has 6 saturated carbocycles. The van der Waals surface area contributed by atoms with E-state index >= 15 is 8.78 Å². The molecule has 6 fully saturated rings. The molecule has 18 heteroatoms. The first kappa shape index (κ1) is 65.5. The van der Waals surface area contributed by atoms with Crippen LogP contribution in [0.5, 0.6) is 0 Å². The number of halogens is 2. The van der Waals surface area contributed by atoms with E-state index in [-0.39, 0.29) is 62.1 Å². The van der Waals surface area contributed by atoms with Crippen molar-refractivity contribution >= 4 is 58.9 Å². The first-order valence-electron chi connectivity index (χ1n) is 31.1. The molecule has 0 amide bonds. The molecule has 0 N–H and O–H groups in total. The summed E-state index contributed by atoms with van der Waals surface area (Å²) in [4.78, 5) is 130. The van der Waals surface area contributed by atoms with Gasteiger partial charge in [0.25, 0.3) is 0 Å². The lowest BCUT2D eigenvalue weighted by atomic mass is 9.44. The van der Waals surface area contributed by atoms with Gasteiger partial charge in [0.15, 0.2) is 47.3 Å². The van der Waals surface area contributed by atoms with Crippen LogP contribution < -0.4 is 0 Å². The Kier molecular flexibility index (Phi) is 18.7. The van der Waals surface area contributed by atoms with E-state index in [1.807, 2.05) is 34.6 Å². The summed E-state index contributed by atoms with van der Waals surface area (Å²) in [5.74, 6) is -8.35. The number of carbonyl (C=O) groups is 10. The number of carbonyl (C=O) groups excluding carboxylic acids is 10. The Morgan fingerprint density at radius 3 is 1.35 bits per heavy atom. The minimum atomic E-state index is -2.13. The SMILES string of the molecule is CCC(=O)OCC(=O)[C@@]1(OC(=O)CC)[C@@H](C)C[C@H]2[C@@H]3CCC4=CC(=O)C=C[C@]4(C)C3(F)[C@@H](OC(=O)c3ccccc3)C[C@@]21C.CCCCC(=O)O[C@H]1C[C@@]2(C)[C@@H](C[C@H](C)[C@]2(OC(=O)CC)C(=O)COC(=O)CC)[C@@H]2CCC3=CC(=O)C=C[C@]3(C)C12F. The minimum Gasteiger partial charge on any atom is -0.459 e. The molecule has 0 bridgehead atoms. The molecule has 8 aliphatic rings. The van der Waals surface area contributed by atoms with E-state index in [4.69, 9.17) is 28.4 Å². The Morgan fingerprint density at radius 2 is 0.953 bits per heavy atom. The van der Waals surface area contributed by atoms with E-state index in [9.17, 15) is 47.9 Å². The Labute approximate surface area is 503 Å². The topological polar surface area (TPSA) is 226 Å². The van der Waals surface area contributed by atoms with Gasteiger partial charge in [0, 0.05) is 77.4 Å². The fraction of sp³-hybridized carbons (Fsp3) is 0.647. The fourth-order valence-corrected chi connectivity index (χ4v) is 17.5. The highest BCUT2D eigenvalue weighted by molar-refractivity contribution is 6.02. The number of fused-ring (bicyclic) bond motifs is 10. The predicted molar refractivity (Wildman–Crippen MR) is 310 cm³/mol. The van der Waals surface area contributed by atoms with Crippen molar-refractivity contribution in [2.75, 3.05) is 13.2 Å². The fourth-order valence-electron chi connectivity index (χ4n) is 17.5. The van der Waals surface area contributed by atoms with Crippen molar-refractivity contribution in [2.24, 2.45) is 57.2 Å². The maximum Gasteiger partial charge on any atom is 0.338 e. The Bertz CT molecular complexity index is 3040. The highest BCUT2D eigenvalue weighted by atomic mass is 19.1. The molecule has 86 heavy (non-hydrogen) atoms. The van der Waals surface area contributed by atoms with Crippen LogP contribution in [-0.2, 0) is 71.6 Å². The summed E-state index contributed by atoms with van der Waals surface area (Å²) in [6.07, 6.45) is 10.2. The van der Waals surface area contributed by atoms with Crippen LogP contribution in [0.15, 0.2) is 77.9 Å². The van der Waals surface area contributed by atoms with E-state index in [0.717, 1.165) is 6.42 Å². The molecule has 0 radical (unpaired) electrons. The van der Waals surface area contributed by atoms with Crippen LogP contribution in [0.25, 0.3) is 0 Å². The zero-order valence-corrected chi connectivity index (χ0v) is 51.8. The minimum absolute atomic E-state index is 0.00515. The normalized spacial score (nSPS) is 37.8. The van der Waals surface area contributed by atoms with Gasteiger partial charge in [-0.2, -0.15) is 0 Å². The summed E-state index contributed by atoms with van der Waals surface area (Å²) >= 11 is 0. The molecule has 1 aromatic rings. The highest BCUT2D eigenvalue weighted by Gasteiger charge is 2.80. The molecule has 0 heterocycles. The van der Waals surface area contributed by atoms with Crippen LogP contribution in [0.1, 0.15) is 183 Å². The first-order valence-corrected chi connectivity index (χ1v) is 31.1. The maximum atomic E-state index is 18.5. The van der Waals surface area contributed by atoms with Crippen molar-refractivity contribution in [3.63, 3.8) is 0 Å². The number of ketones is 4. The van der Waals surface area contributed by atoms with Gasteiger partial charge in [-0.05, 0) is 120 Å². The second-order valence-corrected chi connectivity index (χ2v) is 26.1. The second-order valence-electron chi connectivity index (χ2n) is 26.1. The first-order chi connectivity index (χ1) is 40.5. The average Bonchev–Trinajstić information content (AvgIpc) is 1.35. The molecule has 468 valence electrons. The molecule has 2 unspecified atom stereocenters. The largest absolute Gasteiger partial charge is 0.459 e. The number of benzene rings is 1. The number of Topliss-reactive ketones (excluding diaryl/α,β-unsaturated/α-hetero) is 2. The van der Waals surface area contributed by atoms with Crippen molar-refractivity contribution in [1.29, 1.82) is 0 Å². The predicted octanol–water partition coefficient (Wildman–Crippen LogP) is 11.2. The van der Waals surface area contributed by atoms with E-state index in [1.54, 1.807) is 84.0 Å². The molecular formula is C68H86F2O16. The molecule has 16 atom stereocenters. The molecule has 9 rings (SSSR count). The van der Waals surface area contributed by atoms with Crippen molar-refractivity contribution in [3.05, 3.63) is 83.5 Å². The lowest BCUT2D eigenvalue weighted by molar-refractivity contribution is -0.236. The van der Waals surface area contributed by atoms with Crippen LogP contribution in [0.3, 0.4) is 0 Å². The van der Waals surface area contributed by atoms with Gasteiger partial charge >= 0.3 is 35.8 Å². The van der Waals surface area contributed by atoms with E-state index in [1.165, 1.54) is 24.3 Å². The van der Waals surface area contributed by atoms with Gasteiger partial charge in [-0.3, -0.25) is 43.2 Å². The van der Waals surface area contributed by atoms with Gasteiger partial charge in [-0.25, -0.2) is 13.6 Å². The van der Waals surface area contributed by atoms with Gasteiger partial charge < -0.3 is 28.4 Å². The quantitative estimate of drug-likeness (QED) is 0.0983. The summed E-state index contributed by atoms with van der Waals surface area (Å²) < 4.78 is 71.7. The van der Waals surface area contributed by atoms with E-state index in [2.05, 4.69) is 0 Å². The number of allylic oxidation sites excluding steroid dienone is 8. The third kappa shape index (κ3) is 10.3. The lowest BCUT2D eigenvalue weighted by Gasteiger charge is -2.63. The lowest BCUT2D eigenvalue weighted by Crippen LogP contribution is -2.70. The smallest absolute Gasteiger partial charge is 0.338 e. The molecule has 0 aromatic heterocycles. The summed E-state index contributed by atoms with van der Waals surface area (Å²) in [6, 6.07) is 8.30. The summed E-state index contributed by atoms with van der Waals surface area (Å²) in [5.41, 5.74) is -10.8. The number of rotatable bonds is 18. The van der Waals surface area contributed by atoms with Crippen molar-refractivity contribution in [3.8, 4) is 0 Å². The third-order valence-electron chi connectivity index (χ3n) is 21.8. The van der Waals surface area contributed by atoms with E-state index in [0.29, 0.717) is 56.1 Å². The Balaban J connectivity index is 0.000000224. The molecule has 0 aliphatic heterocycles.